The molecule has 4 nitrogen and oxygen atoms in total. The first kappa shape index (κ1) is 16.3. The molecule has 1 aromatic rings. The van der Waals surface area contributed by atoms with Gasteiger partial charge in [0.1, 0.15) is 5.75 Å². The zero-order chi connectivity index (χ0) is 15.0. The number of amides is 2. The fourth-order valence-corrected chi connectivity index (χ4v) is 1.87. The first-order chi connectivity index (χ1) is 9.52. The summed E-state index contributed by atoms with van der Waals surface area (Å²) in [5.41, 5.74) is 2.33. The molecule has 0 aliphatic heterocycles. The van der Waals surface area contributed by atoms with Gasteiger partial charge < -0.3 is 15.4 Å². The molecule has 0 aliphatic carbocycles. The van der Waals surface area contributed by atoms with Crippen molar-refractivity contribution in [3.63, 3.8) is 0 Å². The normalized spacial score (nSPS) is 10.4. The number of ether oxygens (including phenoxy) is 1. The van der Waals surface area contributed by atoms with Crippen LogP contribution < -0.4 is 15.4 Å². The van der Waals surface area contributed by atoms with E-state index in [1.54, 1.807) is 0 Å². The highest BCUT2D eigenvalue weighted by Crippen LogP contribution is 2.20. The summed E-state index contributed by atoms with van der Waals surface area (Å²) in [6, 6.07) is 6.07. The summed E-state index contributed by atoms with van der Waals surface area (Å²) in [5, 5.41) is 5.64. The van der Waals surface area contributed by atoms with E-state index in [-0.39, 0.29) is 12.1 Å². The molecule has 0 heterocycles. The minimum absolute atomic E-state index is 0.0941. The summed E-state index contributed by atoms with van der Waals surface area (Å²) in [5.74, 6) is 0.928. The van der Waals surface area contributed by atoms with Crippen molar-refractivity contribution in [3.05, 3.63) is 29.3 Å². The first-order valence-electron chi connectivity index (χ1n) is 7.30. The van der Waals surface area contributed by atoms with E-state index in [4.69, 9.17) is 4.74 Å². The fraction of sp³-hybridized carbons (Fsp3) is 0.562. The highest BCUT2D eigenvalue weighted by Gasteiger charge is 2.04. The summed E-state index contributed by atoms with van der Waals surface area (Å²) in [7, 11) is 0. The van der Waals surface area contributed by atoms with Crippen molar-refractivity contribution >= 4 is 6.03 Å². The van der Waals surface area contributed by atoms with Gasteiger partial charge in [0, 0.05) is 13.1 Å². The standard InChI is InChI=1S/C16H26N2O2/c1-5-9-17-16(19)18-10-8-14-6-7-15(13(4)11-14)20-12(2)3/h6-7,11-12H,5,8-10H2,1-4H3,(H2,17,18,19). The van der Waals surface area contributed by atoms with Crippen molar-refractivity contribution in [3.8, 4) is 5.75 Å². The molecule has 0 radical (unpaired) electrons. The molecule has 0 bridgehead atoms. The van der Waals surface area contributed by atoms with Gasteiger partial charge in [0.25, 0.3) is 0 Å². The molecule has 20 heavy (non-hydrogen) atoms. The average Bonchev–Trinajstić information content (AvgIpc) is 2.39. The molecular formula is C16H26N2O2. The topological polar surface area (TPSA) is 50.4 Å². The van der Waals surface area contributed by atoms with E-state index in [0.717, 1.165) is 24.2 Å². The van der Waals surface area contributed by atoms with Gasteiger partial charge in [-0.1, -0.05) is 19.1 Å². The number of hydrogen-bond acceptors (Lipinski definition) is 2. The van der Waals surface area contributed by atoms with E-state index in [1.807, 2.05) is 33.8 Å². The van der Waals surface area contributed by atoms with Gasteiger partial charge in [-0.2, -0.15) is 0 Å². The summed E-state index contributed by atoms with van der Waals surface area (Å²) < 4.78 is 5.71. The predicted octanol–water partition coefficient (Wildman–Crippen LogP) is 3.03. The Morgan fingerprint density at radius 1 is 1.25 bits per heavy atom. The van der Waals surface area contributed by atoms with E-state index in [1.165, 1.54) is 5.56 Å². The molecule has 0 spiro atoms. The van der Waals surface area contributed by atoms with Crippen LogP contribution in [0.4, 0.5) is 4.79 Å². The number of urea groups is 1. The second kappa shape index (κ2) is 8.46. The van der Waals surface area contributed by atoms with Gasteiger partial charge in [0.05, 0.1) is 6.10 Å². The lowest BCUT2D eigenvalue weighted by molar-refractivity contribution is 0.240. The van der Waals surface area contributed by atoms with Crippen LogP contribution in [0.25, 0.3) is 0 Å². The molecule has 0 fully saturated rings. The number of aryl methyl sites for hydroxylation is 1. The van der Waals surface area contributed by atoms with Gasteiger partial charge in [-0.3, -0.25) is 0 Å². The molecule has 1 aromatic carbocycles. The van der Waals surface area contributed by atoms with Gasteiger partial charge in [-0.25, -0.2) is 4.79 Å². The van der Waals surface area contributed by atoms with E-state index in [0.29, 0.717) is 13.1 Å². The Morgan fingerprint density at radius 3 is 2.55 bits per heavy atom. The quantitative estimate of drug-likeness (QED) is 0.805. The summed E-state index contributed by atoms with van der Waals surface area (Å²) in [6.45, 7) is 9.47. The van der Waals surface area contributed by atoms with Crippen molar-refractivity contribution in [1.82, 2.24) is 10.6 Å². The Hall–Kier alpha value is -1.71. The monoisotopic (exact) mass is 278 g/mol. The third-order valence-corrected chi connectivity index (χ3v) is 2.84. The van der Waals surface area contributed by atoms with Crippen LogP contribution in [0.2, 0.25) is 0 Å². The van der Waals surface area contributed by atoms with Crippen LogP contribution in [-0.2, 0) is 6.42 Å². The van der Waals surface area contributed by atoms with Crippen molar-refractivity contribution in [2.75, 3.05) is 13.1 Å². The van der Waals surface area contributed by atoms with Crippen LogP contribution >= 0.6 is 0 Å². The molecule has 1 rings (SSSR count). The molecule has 4 heteroatoms. The van der Waals surface area contributed by atoms with Gasteiger partial charge >= 0.3 is 6.03 Å². The molecule has 112 valence electrons. The van der Waals surface area contributed by atoms with Crippen LogP contribution in [0, 0.1) is 6.92 Å². The molecule has 2 amide bonds. The van der Waals surface area contributed by atoms with Crippen LogP contribution in [-0.4, -0.2) is 25.2 Å². The van der Waals surface area contributed by atoms with Crippen molar-refractivity contribution < 1.29 is 9.53 Å². The smallest absolute Gasteiger partial charge is 0.314 e. The van der Waals surface area contributed by atoms with Gasteiger partial charge in [0.15, 0.2) is 0 Å². The zero-order valence-electron chi connectivity index (χ0n) is 13.0. The molecule has 0 aliphatic rings. The molecular weight excluding hydrogens is 252 g/mol. The summed E-state index contributed by atoms with van der Waals surface area (Å²) >= 11 is 0. The second-order valence-electron chi connectivity index (χ2n) is 5.20. The third-order valence-electron chi connectivity index (χ3n) is 2.84. The van der Waals surface area contributed by atoms with E-state index < -0.39 is 0 Å². The van der Waals surface area contributed by atoms with Crippen LogP contribution in [0.5, 0.6) is 5.75 Å². The highest BCUT2D eigenvalue weighted by molar-refractivity contribution is 5.73. The van der Waals surface area contributed by atoms with E-state index >= 15 is 0 Å². The van der Waals surface area contributed by atoms with E-state index in [2.05, 4.69) is 22.8 Å². The van der Waals surface area contributed by atoms with E-state index in [9.17, 15) is 4.79 Å². The Bertz CT molecular complexity index is 430. The molecule has 0 saturated heterocycles. The lowest BCUT2D eigenvalue weighted by atomic mass is 10.1. The molecule has 2 N–H and O–H groups in total. The summed E-state index contributed by atoms with van der Waals surface area (Å²) in [4.78, 5) is 11.4. The number of carbonyl (C=O) groups is 1. The fourth-order valence-electron chi connectivity index (χ4n) is 1.87. The Balaban J connectivity index is 2.41. The maximum Gasteiger partial charge on any atom is 0.314 e. The maximum atomic E-state index is 11.4. The third kappa shape index (κ3) is 5.95. The highest BCUT2D eigenvalue weighted by atomic mass is 16.5. The lowest BCUT2D eigenvalue weighted by Gasteiger charge is -2.13. The summed E-state index contributed by atoms with van der Waals surface area (Å²) in [6.07, 6.45) is 1.95. The van der Waals surface area contributed by atoms with Gasteiger partial charge in [0.2, 0.25) is 0 Å². The number of nitrogens with one attached hydrogen (secondary N) is 2. The largest absolute Gasteiger partial charge is 0.491 e. The second-order valence-corrected chi connectivity index (χ2v) is 5.20. The van der Waals surface area contributed by atoms with Crippen LogP contribution in [0.3, 0.4) is 0 Å². The Labute approximate surface area is 121 Å². The SMILES string of the molecule is CCCNC(=O)NCCc1ccc(OC(C)C)c(C)c1. The van der Waals surface area contributed by atoms with Crippen LogP contribution in [0.15, 0.2) is 18.2 Å². The first-order valence-corrected chi connectivity index (χ1v) is 7.30. The maximum absolute atomic E-state index is 11.4. The number of benzene rings is 1. The van der Waals surface area contributed by atoms with Crippen molar-refractivity contribution in [2.45, 2.75) is 46.6 Å². The predicted molar refractivity (Wildman–Crippen MR) is 82.3 cm³/mol. The Kier molecular flexibility index (Phi) is 6.91. The number of carbonyl (C=O) groups excluding carboxylic acids is 1. The minimum atomic E-state index is -0.0941. The zero-order valence-corrected chi connectivity index (χ0v) is 13.0. The van der Waals surface area contributed by atoms with Crippen LogP contribution in [0.1, 0.15) is 38.3 Å². The molecule has 0 unspecified atom stereocenters. The lowest BCUT2D eigenvalue weighted by Crippen LogP contribution is -2.36. The van der Waals surface area contributed by atoms with Gasteiger partial charge in [-0.05, 0) is 50.8 Å². The number of hydrogen-bond donors (Lipinski definition) is 2. The Morgan fingerprint density at radius 2 is 1.95 bits per heavy atom. The van der Waals surface area contributed by atoms with Gasteiger partial charge in [-0.15, -0.1) is 0 Å². The average molecular weight is 278 g/mol. The minimum Gasteiger partial charge on any atom is -0.491 e. The number of rotatable bonds is 7. The molecule has 0 atom stereocenters. The molecule has 0 aromatic heterocycles. The van der Waals surface area contributed by atoms with Crippen molar-refractivity contribution in [1.29, 1.82) is 0 Å². The van der Waals surface area contributed by atoms with Crippen molar-refractivity contribution in [2.24, 2.45) is 0 Å². The molecule has 0 saturated carbocycles.